The van der Waals surface area contributed by atoms with E-state index < -0.39 is 15.9 Å². The topological polar surface area (TPSA) is 95.6 Å². The van der Waals surface area contributed by atoms with E-state index in [1.54, 1.807) is 63.9 Å². The molecule has 0 saturated carbocycles. The SMILES string of the molecule is O=C(NS(=O)(=O)c1ccc(NC(=O)N(I)I)cc1)c1ccccc1. The van der Waals surface area contributed by atoms with Crippen molar-refractivity contribution in [3.8, 4) is 0 Å². The first-order valence-electron chi connectivity index (χ1n) is 6.44. The zero-order valence-electron chi connectivity index (χ0n) is 11.9. The molecule has 24 heavy (non-hydrogen) atoms. The zero-order chi connectivity index (χ0) is 17.7. The van der Waals surface area contributed by atoms with Gasteiger partial charge in [-0.25, -0.2) is 19.3 Å². The van der Waals surface area contributed by atoms with Crippen molar-refractivity contribution in [2.75, 3.05) is 5.32 Å². The van der Waals surface area contributed by atoms with Gasteiger partial charge in [-0.15, -0.1) is 0 Å². The van der Waals surface area contributed by atoms with Gasteiger partial charge in [-0.1, -0.05) is 18.2 Å². The summed E-state index contributed by atoms with van der Waals surface area (Å²) in [4.78, 5) is 23.4. The lowest BCUT2D eigenvalue weighted by atomic mass is 10.2. The average Bonchev–Trinajstić information content (AvgIpc) is 2.55. The minimum absolute atomic E-state index is 0.0782. The maximum atomic E-state index is 12.2. The van der Waals surface area contributed by atoms with E-state index >= 15 is 0 Å². The number of nitrogens with zero attached hydrogens (tertiary/aromatic N) is 1. The van der Waals surface area contributed by atoms with Gasteiger partial charge in [0.05, 0.1) is 50.6 Å². The second-order valence-electron chi connectivity index (χ2n) is 4.49. The smallest absolute Gasteiger partial charge is 0.307 e. The number of anilines is 1. The van der Waals surface area contributed by atoms with Crippen LogP contribution in [0.15, 0.2) is 59.5 Å². The fourth-order valence-corrected chi connectivity index (χ4v) is 2.93. The van der Waals surface area contributed by atoms with Gasteiger partial charge in [0.25, 0.3) is 15.9 Å². The van der Waals surface area contributed by atoms with Crippen molar-refractivity contribution in [1.29, 1.82) is 0 Å². The lowest BCUT2D eigenvalue weighted by Gasteiger charge is -2.10. The molecule has 0 aliphatic heterocycles. The fourth-order valence-electron chi connectivity index (χ4n) is 1.71. The van der Waals surface area contributed by atoms with E-state index in [4.69, 9.17) is 0 Å². The van der Waals surface area contributed by atoms with Crippen LogP contribution < -0.4 is 10.0 Å². The highest BCUT2D eigenvalue weighted by Gasteiger charge is 2.18. The van der Waals surface area contributed by atoms with E-state index in [-0.39, 0.29) is 16.5 Å². The highest BCUT2D eigenvalue weighted by atomic mass is 127. The molecule has 2 rings (SSSR count). The third-order valence-corrected chi connectivity index (χ3v) is 5.06. The Morgan fingerprint density at radius 3 is 2.04 bits per heavy atom. The summed E-state index contributed by atoms with van der Waals surface area (Å²) in [5.41, 5.74) is 0.681. The van der Waals surface area contributed by atoms with Crippen LogP contribution in [0.1, 0.15) is 10.4 Å². The van der Waals surface area contributed by atoms with Crippen LogP contribution in [0.3, 0.4) is 0 Å². The molecule has 10 heteroatoms. The van der Waals surface area contributed by atoms with Crippen molar-refractivity contribution >= 4 is 73.4 Å². The molecule has 0 saturated heterocycles. The summed E-state index contributed by atoms with van der Waals surface area (Å²) in [5, 5.41) is 2.58. The van der Waals surface area contributed by atoms with Crippen molar-refractivity contribution in [2.45, 2.75) is 4.90 Å². The van der Waals surface area contributed by atoms with Crippen molar-refractivity contribution in [3.05, 3.63) is 60.2 Å². The van der Waals surface area contributed by atoms with Crippen molar-refractivity contribution in [3.63, 3.8) is 0 Å². The Kier molecular flexibility index (Phi) is 6.40. The van der Waals surface area contributed by atoms with E-state index in [9.17, 15) is 18.0 Å². The molecule has 0 atom stereocenters. The molecular weight excluding hydrogens is 560 g/mol. The quantitative estimate of drug-likeness (QED) is 0.435. The molecule has 0 spiro atoms. The molecule has 0 fully saturated rings. The molecule has 0 radical (unpaired) electrons. The van der Waals surface area contributed by atoms with Crippen molar-refractivity contribution in [2.24, 2.45) is 0 Å². The van der Waals surface area contributed by atoms with Crippen molar-refractivity contribution < 1.29 is 18.0 Å². The third-order valence-electron chi connectivity index (χ3n) is 2.83. The zero-order valence-corrected chi connectivity index (χ0v) is 17.1. The summed E-state index contributed by atoms with van der Waals surface area (Å²) in [6.45, 7) is 0. The number of hydrogen-bond donors (Lipinski definition) is 2. The maximum Gasteiger partial charge on any atom is 0.339 e. The molecule has 126 valence electrons. The number of hydrogen-bond acceptors (Lipinski definition) is 4. The first-order valence-corrected chi connectivity index (χ1v) is 9.86. The normalized spacial score (nSPS) is 10.8. The number of carbonyl (C=O) groups excluding carboxylic acids is 2. The number of sulfonamides is 1. The van der Waals surface area contributed by atoms with Crippen LogP contribution >= 0.6 is 45.7 Å². The van der Waals surface area contributed by atoms with Gasteiger partial charge in [-0.05, 0) is 36.4 Å². The highest BCUT2D eigenvalue weighted by molar-refractivity contribution is 14.2. The van der Waals surface area contributed by atoms with Gasteiger partial charge in [0, 0.05) is 11.3 Å². The van der Waals surface area contributed by atoms with Crippen LogP contribution in [0, 0.1) is 0 Å². The Balaban J connectivity index is 2.12. The number of benzene rings is 2. The second-order valence-corrected chi connectivity index (χ2v) is 9.95. The predicted molar refractivity (Wildman–Crippen MR) is 106 cm³/mol. The van der Waals surface area contributed by atoms with Gasteiger partial charge < -0.3 is 5.32 Å². The Morgan fingerprint density at radius 2 is 1.50 bits per heavy atom. The first kappa shape index (κ1) is 18.9. The minimum Gasteiger partial charge on any atom is -0.307 e. The lowest BCUT2D eigenvalue weighted by molar-refractivity contribution is 0.0981. The molecule has 0 aliphatic carbocycles. The molecule has 2 N–H and O–H groups in total. The summed E-state index contributed by atoms with van der Waals surface area (Å²) in [7, 11) is -3.99. The van der Waals surface area contributed by atoms with Gasteiger partial charge in [-0.3, -0.25) is 4.79 Å². The highest BCUT2D eigenvalue weighted by Crippen LogP contribution is 2.17. The monoisotopic (exact) mass is 571 g/mol. The molecule has 0 aromatic heterocycles. The Bertz CT molecular complexity index is 840. The van der Waals surface area contributed by atoms with Crippen LogP contribution in [0.25, 0.3) is 0 Å². The Labute approximate surface area is 166 Å². The number of rotatable bonds is 4. The van der Waals surface area contributed by atoms with Gasteiger partial charge >= 0.3 is 6.03 Å². The largest absolute Gasteiger partial charge is 0.339 e. The molecule has 0 unspecified atom stereocenters. The summed E-state index contributed by atoms with van der Waals surface area (Å²) in [6, 6.07) is 13.2. The van der Waals surface area contributed by atoms with E-state index in [0.717, 1.165) is 0 Å². The van der Waals surface area contributed by atoms with Gasteiger partial charge in [0.15, 0.2) is 0 Å². The van der Waals surface area contributed by atoms with E-state index in [0.29, 0.717) is 5.69 Å². The molecule has 0 aliphatic rings. The fraction of sp³-hybridized carbons (Fsp3) is 0. The second kappa shape index (κ2) is 8.11. The third kappa shape index (κ3) is 5.04. The molecule has 7 nitrogen and oxygen atoms in total. The lowest BCUT2D eigenvalue weighted by Crippen LogP contribution is -2.30. The molecule has 0 bridgehead atoms. The van der Waals surface area contributed by atoms with Crippen LogP contribution in [0.5, 0.6) is 0 Å². The molecular formula is C14H11I2N3O4S. The number of halogens is 2. The predicted octanol–water partition coefficient (Wildman–Crippen LogP) is 3.34. The Morgan fingerprint density at radius 1 is 0.917 bits per heavy atom. The molecule has 2 aromatic carbocycles. The van der Waals surface area contributed by atoms with Gasteiger partial charge in [0.2, 0.25) is 0 Å². The van der Waals surface area contributed by atoms with Crippen molar-refractivity contribution in [1.82, 2.24) is 6.05 Å². The van der Waals surface area contributed by atoms with Gasteiger partial charge in [-0.2, -0.15) is 0 Å². The summed E-state index contributed by atoms with van der Waals surface area (Å²) in [5.74, 6) is -0.710. The van der Waals surface area contributed by atoms with Crippen LogP contribution in [0.4, 0.5) is 10.5 Å². The molecule has 3 amide bonds. The molecule has 0 heterocycles. The number of nitrogens with one attached hydrogen (secondary N) is 2. The first-order chi connectivity index (χ1) is 11.3. The van der Waals surface area contributed by atoms with E-state index in [1.165, 1.54) is 37.7 Å². The number of amides is 3. The van der Waals surface area contributed by atoms with Crippen LogP contribution in [0.2, 0.25) is 0 Å². The molecule has 2 aromatic rings. The summed E-state index contributed by atoms with van der Waals surface area (Å²) >= 11 is 3.60. The summed E-state index contributed by atoms with van der Waals surface area (Å²) in [6.07, 6.45) is 0. The maximum absolute atomic E-state index is 12.2. The van der Waals surface area contributed by atoms with E-state index in [2.05, 4.69) is 5.32 Å². The number of carbonyl (C=O) groups is 2. The summed E-state index contributed by atoms with van der Waals surface area (Å²) < 4.78 is 27.7. The number of urea groups is 1. The Hall–Kier alpha value is -1.41. The average molecular weight is 571 g/mol. The van der Waals surface area contributed by atoms with Crippen LogP contribution in [-0.2, 0) is 10.0 Å². The standard InChI is InChI=1S/C14H11I2N3O4S/c15-19(16)14(21)17-11-6-8-12(9-7-11)24(22,23)18-13(20)10-4-2-1-3-5-10/h1-9H,(H,17,21)(H,18,20). The minimum atomic E-state index is -3.99. The van der Waals surface area contributed by atoms with E-state index in [1.807, 2.05) is 4.72 Å². The van der Waals surface area contributed by atoms with Crippen LogP contribution in [-0.4, -0.2) is 21.7 Å². The van der Waals surface area contributed by atoms with Gasteiger partial charge in [0.1, 0.15) is 0 Å².